The van der Waals surface area contributed by atoms with Gasteiger partial charge >= 0.3 is 0 Å². The van der Waals surface area contributed by atoms with Gasteiger partial charge in [-0.3, -0.25) is 10.1 Å². The summed E-state index contributed by atoms with van der Waals surface area (Å²) in [7, 11) is -2.76. The number of hydrogen-bond acceptors (Lipinski definition) is 3. The maximum absolute atomic E-state index is 12.1. The van der Waals surface area contributed by atoms with E-state index in [0.29, 0.717) is 0 Å². The van der Waals surface area contributed by atoms with Gasteiger partial charge in [0.15, 0.2) is 0 Å². The minimum atomic E-state index is -2.76. The van der Waals surface area contributed by atoms with Crippen molar-refractivity contribution in [3.63, 3.8) is 0 Å². The summed E-state index contributed by atoms with van der Waals surface area (Å²) >= 11 is 2.89. The first-order valence-corrected chi connectivity index (χ1v) is 7.21. The molecular formula is C8H8NOPS2. The summed E-state index contributed by atoms with van der Waals surface area (Å²) in [6.45, 7) is 0. The van der Waals surface area contributed by atoms with E-state index >= 15 is 0 Å². The molecule has 0 radical (unpaired) electrons. The van der Waals surface area contributed by atoms with Gasteiger partial charge in [-0.1, -0.05) is 12.1 Å². The molecule has 0 bridgehead atoms. The fourth-order valence-corrected chi connectivity index (χ4v) is 5.15. The Morgan fingerprint density at radius 1 is 1.08 bits per heavy atom. The fraction of sp³-hybridized carbons (Fsp3) is 0. The fourth-order valence-electron chi connectivity index (χ4n) is 1.03. The van der Waals surface area contributed by atoms with Gasteiger partial charge in [0.2, 0.25) is 7.29 Å². The van der Waals surface area contributed by atoms with E-state index in [9.17, 15) is 4.57 Å². The van der Waals surface area contributed by atoms with Crippen molar-refractivity contribution in [2.24, 2.45) is 5.50 Å². The van der Waals surface area contributed by atoms with Crippen molar-refractivity contribution in [3.8, 4) is 0 Å². The van der Waals surface area contributed by atoms with Gasteiger partial charge in [0, 0.05) is 0 Å². The van der Waals surface area contributed by atoms with Crippen LogP contribution < -0.4 is 14.7 Å². The number of rotatable bonds is 2. The average molecular weight is 229 g/mol. The van der Waals surface area contributed by atoms with Gasteiger partial charge < -0.3 is 0 Å². The van der Waals surface area contributed by atoms with Crippen LogP contribution in [0.1, 0.15) is 0 Å². The zero-order valence-electron chi connectivity index (χ0n) is 6.71. The molecule has 13 heavy (non-hydrogen) atoms. The maximum atomic E-state index is 12.1. The van der Waals surface area contributed by atoms with Crippen LogP contribution >= 0.6 is 30.0 Å². The molecule has 5 heteroatoms. The molecule has 0 unspecified atom stereocenters. The molecule has 0 saturated carbocycles. The topological polar surface area (TPSA) is 43.1 Å². The van der Waals surface area contributed by atoms with E-state index in [-0.39, 0.29) is 0 Å². The van der Waals surface area contributed by atoms with Crippen LogP contribution in [0.4, 0.5) is 0 Å². The highest BCUT2D eigenvalue weighted by Gasteiger charge is 2.23. The highest BCUT2D eigenvalue weighted by molar-refractivity contribution is 7.85. The normalized spacial score (nSPS) is 11.8. The second-order valence-electron chi connectivity index (χ2n) is 2.56. The van der Waals surface area contributed by atoms with E-state index in [4.69, 9.17) is 5.50 Å². The molecule has 2 heterocycles. The lowest BCUT2D eigenvalue weighted by atomic mass is 10.7. The van der Waals surface area contributed by atoms with E-state index in [2.05, 4.69) is 0 Å². The Labute approximate surface area is 84.5 Å². The summed E-state index contributed by atoms with van der Waals surface area (Å²) < 4.78 is 13.7. The quantitative estimate of drug-likeness (QED) is 0.800. The predicted octanol–water partition coefficient (Wildman–Crippen LogP) is 2.00. The number of nitrogens with two attached hydrogens (primary N) is 1. The standard InChI is InChI=1S/C8H8NOPS2/c9-11(10,7-3-1-5-12-7)8-4-2-6-13-8/h1-6H,(H2,9,10). The SMILES string of the molecule is NP(=O)(c1cccs1)c1cccs1. The van der Waals surface area contributed by atoms with Crippen molar-refractivity contribution in [2.75, 3.05) is 0 Å². The summed E-state index contributed by atoms with van der Waals surface area (Å²) in [4.78, 5) is 0. The van der Waals surface area contributed by atoms with Gasteiger partial charge in [-0.05, 0) is 22.9 Å². The summed E-state index contributed by atoms with van der Waals surface area (Å²) in [6, 6.07) is 7.39. The van der Waals surface area contributed by atoms with Gasteiger partial charge in [-0.25, -0.2) is 0 Å². The molecule has 2 aromatic heterocycles. The molecule has 0 spiro atoms. The molecule has 0 aliphatic heterocycles. The Bertz CT molecular complexity index is 383. The molecule has 0 saturated heterocycles. The molecule has 0 aliphatic carbocycles. The van der Waals surface area contributed by atoms with Crippen molar-refractivity contribution in [1.29, 1.82) is 0 Å². The molecule has 2 aromatic rings. The molecule has 0 fully saturated rings. The zero-order valence-corrected chi connectivity index (χ0v) is 9.24. The van der Waals surface area contributed by atoms with Crippen molar-refractivity contribution < 1.29 is 4.57 Å². The number of thiophene rings is 2. The Morgan fingerprint density at radius 2 is 1.54 bits per heavy atom. The molecule has 0 aromatic carbocycles. The monoisotopic (exact) mass is 229 g/mol. The second kappa shape index (κ2) is 3.39. The first kappa shape index (κ1) is 9.16. The average Bonchev–Trinajstić information content (AvgIpc) is 2.78. The lowest BCUT2D eigenvalue weighted by Gasteiger charge is -2.06. The van der Waals surface area contributed by atoms with Crippen LogP contribution in [0.25, 0.3) is 0 Å². The van der Waals surface area contributed by atoms with Crippen LogP contribution in [-0.4, -0.2) is 0 Å². The van der Waals surface area contributed by atoms with Crippen molar-refractivity contribution in [1.82, 2.24) is 0 Å². The van der Waals surface area contributed by atoms with Crippen molar-refractivity contribution >= 4 is 39.2 Å². The summed E-state index contributed by atoms with van der Waals surface area (Å²) in [6.07, 6.45) is 0. The Morgan fingerprint density at radius 3 is 1.85 bits per heavy atom. The van der Waals surface area contributed by atoms with Crippen LogP contribution in [-0.2, 0) is 4.57 Å². The minimum Gasteiger partial charge on any atom is -0.295 e. The van der Waals surface area contributed by atoms with Crippen molar-refractivity contribution in [3.05, 3.63) is 35.0 Å². The van der Waals surface area contributed by atoms with E-state index in [1.165, 1.54) is 22.7 Å². The Kier molecular flexibility index (Phi) is 2.39. The smallest absolute Gasteiger partial charge is 0.221 e. The predicted molar refractivity (Wildman–Crippen MR) is 59.7 cm³/mol. The van der Waals surface area contributed by atoms with E-state index in [0.717, 1.165) is 9.24 Å². The molecule has 68 valence electrons. The third-order valence-electron chi connectivity index (χ3n) is 1.67. The van der Waals surface area contributed by atoms with Gasteiger partial charge in [-0.2, -0.15) is 0 Å². The molecular weight excluding hydrogens is 221 g/mol. The molecule has 2 N–H and O–H groups in total. The van der Waals surface area contributed by atoms with Gasteiger partial charge in [0.1, 0.15) is 0 Å². The highest BCUT2D eigenvalue weighted by Crippen LogP contribution is 2.37. The largest absolute Gasteiger partial charge is 0.295 e. The lowest BCUT2D eigenvalue weighted by Crippen LogP contribution is -2.16. The first-order valence-electron chi connectivity index (χ1n) is 3.68. The maximum Gasteiger partial charge on any atom is 0.221 e. The van der Waals surface area contributed by atoms with Gasteiger partial charge in [0.05, 0.1) is 9.24 Å². The Hall–Kier alpha value is -0.410. The van der Waals surface area contributed by atoms with Crippen LogP contribution in [0.15, 0.2) is 35.0 Å². The molecule has 2 nitrogen and oxygen atoms in total. The summed E-state index contributed by atoms with van der Waals surface area (Å²) in [5, 5.41) is 3.78. The highest BCUT2D eigenvalue weighted by atomic mass is 32.1. The summed E-state index contributed by atoms with van der Waals surface area (Å²) in [5.74, 6) is 0. The zero-order chi connectivity index (χ0) is 9.31. The van der Waals surface area contributed by atoms with E-state index < -0.39 is 7.29 Å². The summed E-state index contributed by atoms with van der Waals surface area (Å²) in [5.41, 5.74) is 5.82. The van der Waals surface area contributed by atoms with Crippen molar-refractivity contribution in [2.45, 2.75) is 0 Å². The van der Waals surface area contributed by atoms with Crippen LogP contribution in [0.2, 0.25) is 0 Å². The van der Waals surface area contributed by atoms with Crippen LogP contribution in [0, 0.1) is 0 Å². The molecule has 0 aliphatic rings. The molecule has 0 amide bonds. The van der Waals surface area contributed by atoms with Crippen LogP contribution in [0.3, 0.4) is 0 Å². The van der Waals surface area contributed by atoms with E-state index in [1.807, 2.05) is 35.0 Å². The third kappa shape index (κ3) is 1.63. The molecule has 2 rings (SSSR count). The second-order valence-corrected chi connectivity index (χ2v) is 7.34. The van der Waals surface area contributed by atoms with Gasteiger partial charge in [-0.15, -0.1) is 22.7 Å². The van der Waals surface area contributed by atoms with E-state index in [1.54, 1.807) is 0 Å². The third-order valence-corrected chi connectivity index (χ3v) is 6.88. The van der Waals surface area contributed by atoms with Gasteiger partial charge in [0.25, 0.3) is 0 Å². The minimum absolute atomic E-state index is 0.773. The lowest BCUT2D eigenvalue weighted by molar-refractivity contribution is 0.588. The Balaban J connectivity index is 2.49. The first-order chi connectivity index (χ1) is 6.21. The number of hydrogen-bond donors (Lipinski definition) is 1. The van der Waals surface area contributed by atoms with Crippen LogP contribution in [0.5, 0.6) is 0 Å². The molecule has 0 atom stereocenters.